The number of unbranched alkanes of at least 4 members (excludes halogenated alkanes) is 2. The van der Waals surface area contributed by atoms with Gasteiger partial charge < -0.3 is 4.90 Å². The molecule has 0 N–H and O–H groups in total. The number of hydrogen-bond donors (Lipinski definition) is 1. The third kappa shape index (κ3) is 5.61. The summed E-state index contributed by atoms with van der Waals surface area (Å²) in [7, 11) is 0. The van der Waals surface area contributed by atoms with E-state index in [1.165, 1.54) is 19.3 Å². The Morgan fingerprint density at radius 3 is 2.67 bits per heavy atom. The number of hydrogen-bond acceptors (Lipinski definition) is 1. The summed E-state index contributed by atoms with van der Waals surface area (Å²) in [5.41, 5.74) is 0. The van der Waals surface area contributed by atoms with Crippen LogP contribution >= 0.6 is 24.8 Å². The highest BCUT2D eigenvalue weighted by Gasteiger charge is 2.01. The molecular weight excluding hydrogens is 186 g/mol. The molecule has 0 aliphatic rings. The van der Waals surface area contributed by atoms with E-state index in [9.17, 15) is 0 Å². The molecule has 0 spiro atoms. The molecule has 12 heavy (non-hydrogen) atoms. The number of nitrogens with zero attached hydrogens (tertiary/aromatic N) is 1. The van der Waals surface area contributed by atoms with Gasteiger partial charge in [0.2, 0.25) is 0 Å². The third-order valence-corrected chi connectivity index (χ3v) is 2.19. The lowest BCUT2D eigenvalue weighted by molar-refractivity contribution is 0.454. The Morgan fingerprint density at radius 2 is 2.25 bits per heavy atom. The fraction of sp³-hybridized carbons (Fsp3) is 0.667. The third-order valence-electron chi connectivity index (χ3n) is 1.65. The Labute approximate surface area is 86.2 Å². The van der Waals surface area contributed by atoms with E-state index in [-0.39, 0.29) is 0 Å². The van der Waals surface area contributed by atoms with Crippen LogP contribution in [0.3, 0.4) is 0 Å². The molecule has 0 bridgehead atoms. The minimum atomic E-state index is 0.672. The van der Waals surface area contributed by atoms with Gasteiger partial charge in [0.05, 0.1) is 0 Å². The second-order valence-electron chi connectivity index (χ2n) is 2.72. The van der Waals surface area contributed by atoms with Crippen LogP contribution in [0.5, 0.6) is 0 Å². The zero-order valence-electron chi connectivity index (χ0n) is 7.62. The van der Waals surface area contributed by atoms with Crippen LogP contribution in [0.2, 0.25) is 0 Å². The topological polar surface area (TPSA) is 3.24 Å². The van der Waals surface area contributed by atoms with Crippen LogP contribution in [0.1, 0.15) is 26.2 Å². The van der Waals surface area contributed by atoms with Crippen molar-refractivity contribution in [2.75, 3.05) is 13.1 Å². The van der Waals surface area contributed by atoms with Gasteiger partial charge in [0.1, 0.15) is 4.32 Å². The lowest BCUT2D eigenvalue weighted by atomic mass is 10.2. The fourth-order valence-corrected chi connectivity index (χ4v) is 1.32. The molecule has 0 rings (SSSR count). The molecule has 0 aromatic rings. The fourth-order valence-electron chi connectivity index (χ4n) is 0.974. The number of thiol groups is 1. The van der Waals surface area contributed by atoms with Crippen LogP contribution < -0.4 is 0 Å². The lowest BCUT2D eigenvalue weighted by Gasteiger charge is -2.20. The molecule has 0 saturated carbocycles. The monoisotopic (exact) mass is 203 g/mol. The molecule has 0 amide bonds. The maximum absolute atomic E-state index is 4.97. The highest BCUT2D eigenvalue weighted by Crippen LogP contribution is 2.02. The Morgan fingerprint density at radius 1 is 1.58 bits per heavy atom. The van der Waals surface area contributed by atoms with Gasteiger partial charge in [-0.2, -0.15) is 0 Å². The van der Waals surface area contributed by atoms with E-state index in [0.29, 0.717) is 4.32 Å². The molecule has 0 aromatic carbocycles. The van der Waals surface area contributed by atoms with Crippen molar-refractivity contribution in [2.45, 2.75) is 26.2 Å². The summed E-state index contributed by atoms with van der Waals surface area (Å²) in [6, 6.07) is 0. The number of rotatable bonds is 6. The van der Waals surface area contributed by atoms with Crippen LogP contribution in [0.4, 0.5) is 0 Å². The zero-order chi connectivity index (χ0) is 9.40. The second kappa shape index (κ2) is 7.62. The molecule has 0 saturated heterocycles. The molecule has 0 unspecified atom stereocenters. The van der Waals surface area contributed by atoms with Crippen LogP contribution in [-0.2, 0) is 0 Å². The quantitative estimate of drug-likeness (QED) is 0.306. The summed E-state index contributed by atoms with van der Waals surface area (Å²) in [6.45, 7) is 7.68. The van der Waals surface area contributed by atoms with Gasteiger partial charge in [0, 0.05) is 13.1 Å². The molecule has 0 aromatic heterocycles. The molecule has 0 aliphatic carbocycles. The Bertz CT molecular complexity index is 145. The van der Waals surface area contributed by atoms with Crippen molar-refractivity contribution in [2.24, 2.45) is 0 Å². The highest BCUT2D eigenvalue weighted by molar-refractivity contribution is 8.10. The van der Waals surface area contributed by atoms with Crippen molar-refractivity contribution in [3.63, 3.8) is 0 Å². The van der Waals surface area contributed by atoms with Crippen molar-refractivity contribution in [1.29, 1.82) is 0 Å². The summed E-state index contributed by atoms with van der Waals surface area (Å²) in [4.78, 5) is 2.06. The van der Waals surface area contributed by atoms with Gasteiger partial charge in [-0.25, -0.2) is 0 Å². The van der Waals surface area contributed by atoms with Gasteiger partial charge in [-0.1, -0.05) is 38.1 Å². The van der Waals surface area contributed by atoms with Crippen LogP contribution in [-0.4, -0.2) is 22.3 Å². The average Bonchev–Trinajstić information content (AvgIpc) is 2.03. The van der Waals surface area contributed by atoms with E-state index in [0.717, 1.165) is 13.1 Å². The van der Waals surface area contributed by atoms with Crippen molar-refractivity contribution < 1.29 is 0 Å². The van der Waals surface area contributed by atoms with Crippen LogP contribution in [0.15, 0.2) is 12.7 Å². The van der Waals surface area contributed by atoms with Gasteiger partial charge in [-0.3, -0.25) is 0 Å². The van der Waals surface area contributed by atoms with Gasteiger partial charge in [0.15, 0.2) is 0 Å². The van der Waals surface area contributed by atoms with Crippen molar-refractivity contribution in [3.05, 3.63) is 12.7 Å². The summed E-state index contributed by atoms with van der Waals surface area (Å²) >= 11 is 9.11. The molecule has 3 heteroatoms. The molecule has 1 nitrogen and oxygen atoms in total. The van der Waals surface area contributed by atoms with Gasteiger partial charge >= 0.3 is 0 Å². The average molecular weight is 203 g/mol. The molecule has 70 valence electrons. The van der Waals surface area contributed by atoms with E-state index in [1.54, 1.807) is 0 Å². The van der Waals surface area contributed by atoms with Crippen LogP contribution in [0, 0.1) is 0 Å². The summed E-state index contributed by atoms with van der Waals surface area (Å²) in [5.74, 6) is 0. The second-order valence-corrected chi connectivity index (χ2v) is 3.84. The first-order valence-corrected chi connectivity index (χ1v) is 5.16. The van der Waals surface area contributed by atoms with Gasteiger partial charge in [-0.15, -0.1) is 19.2 Å². The predicted molar refractivity (Wildman–Crippen MR) is 62.9 cm³/mol. The normalized spacial score (nSPS) is 9.50. The smallest absolute Gasteiger partial charge is 0.133 e. The Hall–Kier alpha value is -0.0200. The summed E-state index contributed by atoms with van der Waals surface area (Å²) < 4.78 is 0.672. The Kier molecular flexibility index (Phi) is 7.61. The van der Waals surface area contributed by atoms with E-state index in [2.05, 4.69) is 31.0 Å². The van der Waals surface area contributed by atoms with Gasteiger partial charge in [0.25, 0.3) is 0 Å². The first-order chi connectivity index (χ1) is 5.72. The standard InChI is InChI=1S/C9H17NS2/c1-3-5-6-8-10(7-4-2)9(11)12/h4H,2-3,5-8H2,1H3,(H,11,12). The maximum atomic E-state index is 4.97. The van der Waals surface area contributed by atoms with Crippen molar-refractivity contribution in [3.8, 4) is 0 Å². The van der Waals surface area contributed by atoms with E-state index in [4.69, 9.17) is 12.2 Å². The minimum absolute atomic E-state index is 0.672. The predicted octanol–water partition coefficient (Wildman–Crippen LogP) is 2.88. The van der Waals surface area contributed by atoms with Crippen molar-refractivity contribution >= 4 is 29.2 Å². The van der Waals surface area contributed by atoms with E-state index in [1.807, 2.05) is 6.08 Å². The zero-order valence-corrected chi connectivity index (χ0v) is 9.33. The highest BCUT2D eigenvalue weighted by atomic mass is 32.1. The molecular formula is C9H17NS2. The minimum Gasteiger partial charge on any atom is -0.354 e. The van der Waals surface area contributed by atoms with E-state index < -0.39 is 0 Å². The SMILES string of the molecule is C=CCN(CCCCC)C(=S)S. The summed E-state index contributed by atoms with van der Waals surface area (Å²) in [6.07, 6.45) is 5.53. The summed E-state index contributed by atoms with van der Waals surface area (Å²) in [5, 5.41) is 0. The maximum Gasteiger partial charge on any atom is 0.133 e. The molecule has 0 atom stereocenters. The molecule has 0 fully saturated rings. The molecule has 0 radical (unpaired) electrons. The van der Waals surface area contributed by atoms with Gasteiger partial charge in [-0.05, 0) is 6.42 Å². The van der Waals surface area contributed by atoms with Crippen LogP contribution in [0.25, 0.3) is 0 Å². The molecule has 0 heterocycles. The Balaban J connectivity index is 3.63. The van der Waals surface area contributed by atoms with E-state index >= 15 is 0 Å². The first-order valence-electron chi connectivity index (χ1n) is 4.31. The largest absolute Gasteiger partial charge is 0.354 e. The lowest BCUT2D eigenvalue weighted by Crippen LogP contribution is -2.27. The van der Waals surface area contributed by atoms with Crippen molar-refractivity contribution in [1.82, 2.24) is 4.90 Å². The number of thiocarbonyl (C=S) groups is 1. The molecule has 0 aliphatic heterocycles. The first kappa shape index (κ1) is 12.0.